The highest BCUT2D eigenvalue weighted by Gasteiger charge is 2.09. The molecule has 0 bridgehead atoms. The maximum Gasteiger partial charge on any atom is 0.132 e. The van der Waals surface area contributed by atoms with E-state index >= 15 is 0 Å². The first-order valence-corrected chi connectivity index (χ1v) is 6.11. The fourth-order valence-corrected chi connectivity index (χ4v) is 1.73. The van der Waals surface area contributed by atoms with Crippen LogP contribution in [0.1, 0.15) is 19.7 Å². The number of aromatic nitrogens is 2. The number of nitrogens with zero attached hydrogens (tertiary/aromatic N) is 2. The molecular formula is C14H16FN3. The van der Waals surface area contributed by atoms with Gasteiger partial charge in [0.2, 0.25) is 0 Å². The molecular weight excluding hydrogens is 229 g/mol. The van der Waals surface area contributed by atoms with Crippen LogP contribution in [0.2, 0.25) is 0 Å². The van der Waals surface area contributed by atoms with Gasteiger partial charge in [-0.1, -0.05) is 19.1 Å². The Morgan fingerprint density at radius 1 is 1.17 bits per heavy atom. The highest BCUT2D eigenvalue weighted by Crippen LogP contribution is 2.22. The van der Waals surface area contributed by atoms with Crippen molar-refractivity contribution in [2.45, 2.75) is 20.3 Å². The number of hydrogen-bond acceptors (Lipinski definition) is 3. The second-order valence-electron chi connectivity index (χ2n) is 3.92. The van der Waals surface area contributed by atoms with Crippen LogP contribution in [0.25, 0.3) is 11.3 Å². The molecule has 0 aliphatic heterocycles. The summed E-state index contributed by atoms with van der Waals surface area (Å²) in [5.74, 6) is 1.19. The monoisotopic (exact) mass is 245 g/mol. The highest BCUT2D eigenvalue weighted by atomic mass is 19.1. The van der Waals surface area contributed by atoms with Crippen molar-refractivity contribution in [2.24, 2.45) is 0 Å². The van der Waals surface area contributed by atoms with Crippen LogP contribution in [-0.4, -0.2) is 16.5 Å². The van der Waals surface area contributed by atoms with E-state index in [4.69, 9.17) is 0 Å². The van der Waals surface area contributed by atoms with Gasteiger partial charge < -0.3 is 5.32 Å². The normalized spacial score (nSPS) is 10.4. The third kappa shape index (κ3) is 2.64. The van der Waals surface area contributed by atoms with E-state index in [0.717, 1.165) is 18.8 Å². The topological polar surface area (TPSA) is 37.8 Å². The summed E-state index contributed by atoms with van der Waals surface area (Å²) in [5.41, 5.74) is 1.13. The van der Waals surface area contributed by atoms with Crippen molar-refractivity contribution >= 4 is 5.82 Å². The number of benzene rings is 1. The SMILES string of the molecule is CCNc1cc(-c2ccccc2F)nc(CC)n1. The van der Waals surface area contributed by atoms with Gasteiger partial charge in [0.05, 0.1) is 5.69 Å². The molecule has 2 aromatic rings. The number of halogens is 1. The molecule has 1 aromatic heterocycles. The van der Waals surface area contributed by atoms with Crippen LogP contribution in [0, 0.1) is 5.82 Å². The van der Waals surface area contributed by atoms with Gasteiger partial charge in [0.15, 0.2) is 0 Å². The van der Waals surface area contributed by atoms with Crippen molar-refractivity contribution in [1.82, 2.24) is 9.97 Å². The molecule has 18 heavy (non-hydrogen) atoms. The van der Waals surface area contributed by atoms with Crippen LogP contribution < -0.4 is 5.32 Å². The summed E-state index contributed by atoms with van der Waals surface area (Å²) in [4.78, 5) is 8.73. The Balaban J connectivity index is 2.50. The minimum absolute atomic E-state index is 0.263. The molecule has 0 spiro atoms. The Morgan fingerprint density at radius 2 is 1.94 bits per heavy atom. The highest BCUT2D eigenvalue weighted by molar-refractivity contribution is 5.63. The zero-order valence-electron chi connectivity index (χ0n) is 10.6. The van der Waals surface area contributed by atoms with Gasteiger partial charge >= 0.3 is 0 Å². The smallest absolute Gasteiger partial charge is 0.132 e. The van der Waals surface area contributed by atoms with Crippen LogP contribution in [0.5, 0.6) is 0 Å². The maximum atomic E-state index is 13.7. The lowest BCUT2D eigenvalue weighted by Gasteiger charge is -2.08. The summed E-state index contributed by atoms with van der Waals surface area (Å²) in [7, 11) is 0. The van der Waals surface area contributed by atoms with Gasteiger partial charge in [-0.05, 0) is 19.1 Å². The van der Waals surface area contributed by atoms with Crippen LogP contribution in [0.4, 0.5) is 10.2 Å². The molecule has 0 atom stereocenters. The third-order valence-corrected chi connectivity index (χ3v) is 2.60. The van der Waals surface area contributed by atoms with E-state index in [1.54, 1.807) is 24.3 Å². The Bertz CT molecular complexity index is 540. The Labute approximate surface area is 106 Å². The molecule has 1 N–H and O–H groups in total. The van der Waals surface area contributed by atoms with Gasteiger partial charge in [0.1, 0.15) is 17.5 Å². The average Bonchev–Trinajstić information content (AvgIpc) is 2.39. The van der Waals surface area contributed by atoms with Crippen molar-refractivity contribution in [1.29, 1.82) is 0 Å². The van der Waals surface area contributed by atoms with Crippen LogP contribution in [-0.2, 0) is 6.42 Å². The number of aryl methyl sites for hydroxylation is 1. The van der Waals surface area contributed by atoms with Gasteiger partial charge in [0.25, 0.3) is 0 Å². The molecule has 0 amide bonds. The van der Waals surface area contributed by atoms with E-state index in [1.165, 1.54) is 6.07 Å². The molecule has 0 unspecified atom stereocenters. The van der Waals surface area contributed by atoms with Gasteiger partial charge in [-0.2, -0.15) is 0 Å². The summed E-state index contributed by atoms with van der Waals surface area (Å²) >= 11 is 0. The minimum Gasteiger partial charge on any atom is -0.370 e. The lowest BCUT2D eigenvalue weighted by molar-refractivity contribution is 0.630. The molecule has 2 rings (SSSR count). The first-order chi connectivity index (χ1) is 8.74. The first kappa shape index (κ1) is 12.5. The predicted molar refractivity (Wildman–Crippen MR) is 71.0 cm³/mol. The van der Waals surface area contributed by atoms with Crippen molar-refractivity contribution in [2.75, 3.05) is 11.9 Å². The van der Waals surface area contributed by atoms with Crippen molar-refractivity contribution in [3.05, 3.63) is 42.0 Å². The lowest BCUT2D eigenvalue weighted by Crippen LogP contribution is -2.04. The molecule has 0 aliphatic carbocycles. The van der Waals surface area contributed by atoms with E-state index in [1.807, 2.05) is 13.8 Å². The average molecular weight is 245 g/mol. The fourth-order valence-electron chi connectivity index (χ4n) is 1.73. The minimum atomic E-state index is -0.263. The quantitative estimate of drug-likeness (QED) is 0.898. The molecule has 94 valence electrons. The Morgan fingerprint density at radius 3 is 2.61 bits per heavy atom. The van der Waals surface area contributed by atoms with Crippen LogP contribution in [0.3, 0.4) is 0 Å². The van der Waals surface area contributed by atoms with Crippen molar-refractivity contribution in [3.8, 4) is 11.3 Å². The lowest BCUT2D eigenvalue weighted by atomic mass is 10.1. The largest absolute Gasteiger partial charge is 0.370 e. The van der Waals surface area contributed by atoms with E-state index in [2.05, 4.69) is 15.3 Å². The van der Waals surface area contributed by atoms with Crippen molar-refractivity contribution < 1.29 is 4.39 Å². The molecule has 3 nitrogen and oxygen atoms in total. The second-order valence-corrected chi connectivity index (χ2v) is 3.92. The number of rotatable bonds is 4. The van der Waals surface area contributed by atoms with Crippen LogP contribution >= 0.6 is 0 Å². The number of hydrogen-bond donors (Lipinski definition) is 1. The zero-order valence-corrected chi connectivity index (χ0v) is 10.6. The van der Waals surface area contributed by atoms with Crippen molar-refractivity contribution in [3.63, 3.8) is 0 Å². The Hall–Kier alpha value is -1.97. The van der Waals surface area contributed by atoms with Gasteiger partial charge in [-0.3, -0.25) is 0 Å². The first-order valence-electron chi connectivity index (χ1n) is 6.11. The predicted octanol–water partition coefficient (Wildman–Crippen LogP) is 3.28. The summed E-state index contributed by atoms with van der Waals surface area (Å²) < 4.78 is 13.7. The summed E-state index contributed by atoms with van der Waals surface area (Å²) in [6.07, 6.45) is 0.723. The third-order valence-electron chi connectivity index (χ3n) is 2.60. The van der Waals surface area contributed by atoms with E-state index in [0.29, 0.717) is 17.1 Å². The van der Waals surface area contributed by atoms with E-state index in [-0.39, 0.29) is 5.82 Å². The standard InChI is InChI=1S/C14H16FN3/c1-3-13-17-12(9-14(18-13)16-4-2)10-7-5-6-8-11(10)15/h5-9H,3-4H2,1-2H3,(H,16,17,18). The number of anilines is 1. The maximum absolute atomic E-state index is 13.7. The number of nitrogens with one attached hydrogen (secondary N) is 1. The zero-order chi connectivity index (χ0) is 13.0. The van der Waals surface area contributed by atoms with Gasteiger partial charge in [0, 0.05) is 24.6 Å². The molecule has 1 heterocycles. The van der Waals surface area contributed by atoms with Gasteiger partial charge in [-0.25, -0.2) is 14.4 Å². The Kier molecular flexibility index (Phi) is 3.87. The second kappa shape index (κ2) is 5.58. The van der Waals surface area contributed by atoms with Gasteiger partial charge in [-0.15, -0.1) is 0 Å². The summed E-state index contributed by atoms with van der Waals surface area (Å²) in [5, 5.41) is 3.14. The fraction of sp³-hybridized carbons (Fsp3) is 0.286. The molecule has 0 saturated carbocycles. The van der Waals surface area contributed by atoms with E-state index < -0.39 is 0 Å². The molecule has 0 radical (unpaired) electrons. The molecule has 1 aromatic carbocycles. The summed E-state index contributed by atoms with van der Waals surface area (Å²) in [6, 6.07) is 8.43. The summed E-state index contributed by atoms with van der Waals surface area (Å²) in [6.45, 7) is 4.75. The molecule has 0 aliphatic rings. The molecule has 0 saturated heterocycles. The molecule has 4 heteroatoms. The van der Waals surface area contributed by atoms with Crippen LogP contribution in [0.15, 0.2) is 30.3 Å². The molecule has 0 fully saturated rings. The van der Waals surface area contributed by atoms with E-state index in [9.17, 15) is 4.39 Å².